The number of aryl methyl sites for hydroxylation is 1. The lowest BCUT2D eigenvalue weighted by Gasteiger charge is -2.07. The second kappa shape index (κ2) is 4.78. The summed E-state index contributed by atoms with van der Waals surface area (Å²) in [6, 6.07) is 7.44. The lowest BCUT2D eigenvalue weighted by molar-refractivity contribution is 1.07. The smallest absolute Gasteiger partial charge is 0.116 e. The number of aromatic nitrogens is 3. The van der Waals surface area contributed by atoms with Gasteiger partial charge in [-0.05, 0) is 25.1 Å². The van der Waals surface area contributed by atoms with E-state index in [-0.39, 0.29) is 0 Å². The second-order valence-electron chi connectivity index (χ2n) is 4.28. The number of nitriles is 1. The maximum atomic E-state index is 9.21. The fourth-order valence-corrected chi connectivity index (χ4v) is 2.42. The molecule has 2 aromatic heterocycles. The molecule has 2 heterocycles. The summed E-state index contributed by atoms with van der Waals surface area (Å²) in [5.41, 5.74) is 3.52. The lowest BCUT2D eigenvalue weighted by atomic mass is 10.2. The highest BCUT2D eigenvalue weighted by Gasteiger charge is 2.14. The molecule has 0 saturated carbocycles. The van der Waals surface area contributed by atoms with Crippen molar-refractivity contribution in [1.82, 2.24) is 14.5 Å². The Labute approximate surface area is 125 Å². The van der Waals surface area contributed by atoms with Crippen molar-refractivity contribution in [2.24, 2.45) is 0 Å². The van der Waals surface area contributed by atoms with E-state index < -0.39 is 0 Å². The standard InChI is InChI=1S/C14H8Cl2N4/c1-8-14-13(19-7-18-8)9(5-17)6-20(14)10-2-3-11(15)12(16)4-10/h2-4,6-7H,1H3. The molecular formula is C14H8Cl2N4. The monoisotopic (exact) mass is 302 g/mol. The van der Waals surface area contributed by atoms with Gasteiger partial charge in [-0.15, -0.1) is 0 Å². The van der Waals surface area contributed by atoms with Gasteiger partial charge in [-0.2, -0.15) is 5.26 Å². The normalized spacial score (nSPS) is 10.7. The van der Waals surface area contributed by atoms with Crippen molar-refractivity contribution < 1.29 is 0 Å². The molecule has 0 amide bonds. The maximum absolute atomic E-state index is 9.21. The molecule has 20 heavy (non-hydrogen) atoms. The van der Waals surface area contributed by atoms with Crippen molar-refractivity contribution in [1.29, 1.82) is 5.26 Å². The highest BCUT2D eigenvalue weighted by molar-refractivity contribution is 6.42. The Hall–Kier alpha value is -2.09. The fourth-order valence-electron chi connectivity index (χ4n) is 2.13. The molecule has 3 rings (SSSR count). The molecule has 0 N–H and O–H groups in total. The Morgan fingerprint density at radius 1 is 1.20 bits per heavy atom. The number of hydrogen-bond acceptors (Lipinski definition) is 3. The van der Waals surface area contributed by atoms with E-state index in [0.29, 0.717) is 21.1 Å². The lowest BCUT2D eigenvalue weighted by Crippen LogP contribution is -1.95. The molecule has 0 atom stereocenters. The molecule has 0 unspecified atom stereocenters. The van der Waals surface area contributed by atoms with E-state index in [4.69, 9.17) is 23.2 Å². The molecule has 98 valence electrons. The van der Waals surface area contributed by atoms with Crippen LogP contribution in [0.15, 0.2) is 30.7 Å². The summed E-state index contributed by atoms with van der Waals surface area (Å²) >= 11 is 12.0. The highest BCUT2D eigenvalue weighted by Crippen LogP contribution is 2.28. The largest absolute Gasteiger partial charge is 0.312 e. The molecule has 0 bridgehead atoms. The molecule has 0 saturated heterocycles. The van der Waals surface area contributed by atoms with Crippen LogP contribution in [0, 0.1) is 18.3 Å². The van der Waals surface area contributed by atoms with E-state index in [1.165, 1.54) is 6.33 Å². The van der Waals surface area contributed by atoms with Crippen LogP contribution in [-0.2, 0) is 0 Å². The van der Waals surface area contributed by atoms with E-state index in [2.05, 4.69) is 16.0 Å². The van der Waals surface area contributed by atoms with Crippen molar-refractivity contribution in [2.75, 3.05) is 0 Å². The predicted octanol–water partition coefficient (Wildman–Crippen LogP) is 3.91. The molecule has 6 heteroatoms. The van der Waals surface area contributed by atoms with Gasteiger partial charge in [0.1, 0.15) is 17.9 Å². The van der Waals surface area contributed by atoms with Gasteiger partial charge in [-0.3, -0.25) is 0 Å². The van der Waals surface area contributed by atoms with Gasteiger partial charge < -0.3 is 4.57 Å². The molecule has 3 aromatic rings. The minimum Gasteiger partial charge on any atom is -0.312 e. The molecule has 0 aliphatic heterocycles. The third kappa shape index (κ3) is 1.92. The van der Waals surface area contributed by atoms with Crippen molar-refractivity contribution in [3.63, 3.8) is 0 Å². The molecule has 4 nitrogen and oxygen atoms in total. The molecular weight excluding hydrogens is 295 g/mol. The first-order valence-corrected chi connectivity index (χ1v) is 6.55. The average molecular weight is 303 g/mol. The molecule has 0 aliphatic rings. The third-order valence-corrected chi connectivity index (χ3v) is 3.80. The zero-order valence-corrected chi connectivity index (χ0v) is 11.9. The zero-order valence-electron chi connectivity index (χ0n) is 10.4. The van der Waals surface area contributed by atoms with Crippen LogP contribution in [-0.4, -0.2) is 14.5 Å². The summed E-state index contributed by atoms with van der Waals surface area (Å²) < 4.78 is 1.85. The SMILES string of the molecule is Cc1ncnc2c(C#N)cn(-c3ccc(Cl)c(Cl)c3)c12. The first-order valence-electron chi connectivity index (χ1n) is 5.80. The van der Waals surface area contributed by atoms with Gasteiger partial charge in [0.15, 0.2) is 0 Å². The summed E-state index contributed by atoms with van der Waals surface area (Å²) in [7, 11) is 0. The number of nitrogens with zero attached hydrogens (tertiary/aromatic N) is 4. The minimum atomic E-state index is 0.457. The number of benzene rings is 1. The quantitative estimate of drug-likeness (QED) is 0.685. The van der Waals surface area contributed by atoms with Crippen molar-refractivity contribution >= 4 is 34.2 Å². The third-order valence-electron chi connectivity index (χ3n) is 3.06. The van der Waals surface area contributed by atoms with Gasteiger partial charge in [-0.25, -0.2) is 9.97 Å². The van der Waals surface area contributed by atoms with Crippen LogP contribution in [0.25, 0.3) is 16.7 Å². The van der Waals surface area contributed by atoms with Crippen LogP contribution < -0.4 is 0 Å². The van der Waals surface area contributed by atoms with Crippen LogP contribution in [0.5, 0.6) is 0 Å². The fraction of sp³-hybridized carbons (Fsp3) is 0.0714. The summed E-state index contributed by atoms with van der Waals surface area (Å²) in [6.07, 6.45) is 3.18. The van der Waals surface area contributed by atoms with Crippen molar-refractivity contribution in [3.05, 3.63) is 52.0 Å². The maximum Gasteiger partial charge on any atom is 0.116 e. The average Bonchev–Trinajstić information content (AvgIpc) is 2.82. The van der Waals surface area contributed by atoms with Gasteiger partial charge in [0.25, 0.3) is 0 Å². The number of hydrogen-bond donors (Lipinski definition) is 0. The van der Waals surface area contributed by atoms with E-state index in [9.17, 15) is 5.26 Å². The van der Waals surface area contributed by atoms with Gasteiger partial charge in [0.2, 0.25) is 0 Å². The van der Waals surface area contributed by atoms with Gasteiger partial charge >= 0.3 is 0 Å². The minimum absolute atomic E-state index is 0.457. The number of rotatable bonds is 1. The molecule has 0 spiro atoms. The summed E-state index contributed by atoms with van der Waals surface area (Å²) in [4.78, 5) is 8.37. The van der Waals surface area contributed by atoms with Gasteiger partial charge in [-0.1, -0.05) is 23.2 Å². The predicted molar refractivity (Wildman–Crippen MR) is 78.3 cm³/mol. The van der Waals surface area contributed by atoms with Crippen LogP contribution in [0.1, 0.15) is 11.3 Å². The van der Waals surface area contributed by atoms with E-state index in [1.807, 2.05) is 17.6 Å². The number of halogens is 2. The van der Waals surface area contributed by atoms with Crippen molar-refractivity contribution in [3.8, 4) is 11.8 Å². The van der Waals surface area contributed by atoms with E-state index >= 15 is 0 Å². The molecule has 0 aliphatic carbocycles. The first kappa shape index (κ1) is 12.9. The van der Waals surface area contributed by atoms with Crippen molar-refractivity contribution in [2.45, 2.75) is 6.92 Å². The zero-order chi connectivity index (χ0) is 14.3. The molecule has 1 aromatic carbocycles. The van der Waals surface area contributed by atoms with Crippen LogP contribution >= 0.6 is 23.2 Å². The van der Waals surface area contributed by atoms with E-state index in [0.717, 1.165) is 16.9 Å². The Balaban J connectivity index is 2.36. The molecule has 0 radical (unpaired) electrons. The summed E-state index contributed by atoms with van der Waals surface area (Å²) in [6.45, 7) is 1.87. The first-order chi connectivity index (χ1) is 9.61. The molecule has 0 fully saturated rings. The Kier molecular flexibility index (Phi) is 3.09. The summed E-state index contributed by atoms with van der Waals surface area (Å²) in [5, 5.41) is 10.2. The van der Waals surface area contributed by atoms with Crippen LogP contribution in [0.4, 0.5) is 0 Å². The van der Waals surface area contributed by atoms with Gasteiger partial charge in [0, 0.05) is 11.9 Å². The second-order valence-corrected chi connectivity index (χ2v) is 5.09. The van der Waals surface area contributed by atoms with Crippen LogP contribution in [0.3, 0.4) is 0 Å². The van der Waals surface area contributed by atoms with E-state index in [1.54, 1.807) is 18.3 Å². The highest BCUT2D eigenvalue weighted by atomic mass is 35.5. The Morgan fingerprint density at radius 2 is 2.00 bits per heavy atom. The van der Waals surface area contributed by atoms with Crippen LogP contribution in [0.2, 0.25) is 10.0 Å². The number of fused-ring (bicyclic) bond motifs is 1. The summed E-state index contributed by atoms with van der Waals surface area (Å²) in [5.74, 6) is 0. The Morgan fingerprint density at radius 3 is 2.70 bits per heavy atom. The topological polar surface area (TPSA) is 54.5 Å². The van der Waals surface area contributed by atoms with Gasteiger partial charge in [0.05, 0.1) is 26.8 Å². The Bertz CT molecular complexity index is 861.